The molecule has 1 aliphatic heterocycles. The van der Waals surface area contributed by atoms with Crippen LogP contribution in [0.15, 0.2) is 42.7 Å². The fourth-order valence-electron chi connectivity index (χ4n) is 2.99. The molecule has 0 N–H and O–H groups in total. The summed E-state index contributed by atoms with van der Waals surface area (Å²) in [5, 5.41) is 9.83. The molecule has 26 heavy (non-hydrogen) atoms. The largest absolute Gasteiger partial charge is 0.350 e. The summed E-state index contributed by atoms with van der Waals surface area (Å²) in [6.07, 6.45) is 6.42. The van der Waals surface area contributed by atoms with Crippen molar-refractivity contribution in [3.63, 3.8) is 0 Å². The third kappa shape index (κ3) is 4.01. The van der Waals surface area contributed by atoms with Gasteiger partial charge in [-0.3, -0.25) is 4.79 Å². The first-order valence-electron chi connectivity index (χ1n) is 8.29. The van der Waals surface area contributed by atoms with Gasteiger partial charge >= 0.3 is 0 Å². The van der Waals surface area contributed by atoms with Gasteiger partial charge in [0.1, 0.15) is 6.07 Å². The molecule has 6 nitrogen and oxygen atoms in total. The van der Waals surface area contributed by atoms with Crippen molar-refractivity contribution in [3.8, 4) is 6.07 Å². The molecule has 0 saturated carbocycles. The number of anilines is 1. The zero-order valence-electron chi connectivity index (χ0n) is 14.3. The zero-order valence-corrected chi connectivity index (χ0v) is 15.1. The summed E-state index contributed by atoms with van der Waals surface area (Å²) in [6.45, 7) is 3.75. The zero-order chi connectivity index (χ0) is 18.5. The SMILES string of the molecule is CC1CN(c2nccnc2C#N)CCN1C(=O)C=Cc1cccc(Cl)c1. The Morgan fingerprint density at radius 2 is 2.15 bits per heavy atom. The number of benzene rings is 1. The molecule has 0 spiro atoms. The van der Waals surface area contributed by atoms with Crippen molar-refractivity contribution in [3.05, 3.63) is 59.0 Å². The maximum atomic E-state index is 12.5. The number of nitriles is 1. The van der Waals surface area contributed by atoms with Crippen LogP contribution >= 0.6 is 11.6 Å². The van der Waals surface area contributed by atoms with Crippen LogP contribution in [0.3, 0.4) is 0 Å². The highest BCUT2D eigenvalue weighted by Gasteiger charge is 2.28. The summed E-state index contributed by atoms with van der Waals surface area (Å²) >= 11 is 5.96. The fourth-order valence-corrected chi connectivity index (χ4v) is 3.19. The number of piperazine rings is 1. The van der Waals surface area contributed by atoms with E-state index < -0.39 is 0 Å². The molecule has 2 heterocycles. The molecule has 1 saturated heterocycles. The number of rotatable bonds is 3. The van der Waals surface area contributed by atoms with Gasteiger partial charge in [-0.25, -0.2) is 9.97 Å². The molecule has 1 amide bonds. The van der Waals surface area contributed by atoms with E-state index in [0.29, 0.717) is 36.2 Å². The predicted octanol–water partition coefficient (Wildman–Crippen LogP) is 2.75. The summed E-state index contributed by atoms with van der Waals surface area (Å²) in [5.41, 5.74) is 1.19. The molecule has 1 aromatic heterocycles. The lowest BCUT2D eigenvalue weighted by atomic mass is 10.1. The van der Waals surface area contributed by atoms with Crippen molar-refractivity contribution in [1.29, 1.82) is 5.26 Å². The summed E-state index contributed by atoms with van der Waals surface area (Å²) in [5.74, 6) is 0.528. The summed E-state index contributed by atoms with van der Waals surface area (Å²) < 4.78 is 0. The van der Waals surface area contributed by atoms with Gasteiger partial charge in [0.25, 0.3) is 0 Å². The number of amides is 1. The first kappa shape index (κ1) is 17.9. The highest BCUT2D eigenvalue weighted by Crippen LogP contribution is 2.20. The second kappa shape index (κ2) is 7.98. The number of hydrogen-bond acceptors (Lipinski definition) is 5. The van der Waals surface area contributed by atoms with Gasteiger partial charge in [0.15, 0.2) is 11.5 Å². The molecular weight excluding hydrogens is 350 g/mol. The maximum Gasteiger partial charge on any atom is 0.246 e. The minimum atomic E-state index is -0.0446. The van der Waals surface area contributed by atoms with E-state index in [0.717, 1.165) is 5.56 Å². The lowest BCUT2D eigenvalue weighted by Crippen LogP contribution is -2.54. The normalized spacial score (nSPS) is 17.3. The third-order valence-corrected chi connectivity index (χ3v) is 4.50. The van der Waals surface area contributed by atoms with Gasteiger partial charge in [-0.2, -0.15) is 5.26 Å². The topological polar surface area (TPSA) is 73.1 Å². The Hall–Kier alpha value is -2.91. The molecule has 1 aliphatic rings. The van der Waals surface area contributed by atoms with Gasteiger partial charge in [0.2, 0.25) is 5.91 Å². The van der Waals surface area contributed by atoms with E-state index in [-0.39, 0.29) is 11.9 Å². The molecular formula is C19H18ClN5O. The van der Waals surface area contributed by atoms with Crippen molar-refractivity contribution in [2.24, 2.45) is 0 Å². The monoisotopic (exact) mass is 367 g/mol. The molecule has 1 fully saturated rings. The Balaban J connectivity index is 1.67. The molecule has 132 valence electrons. The van der Waals surface area contributed by atoms with E-state index in [1.165, 1.54) is 6.20 Å². The van der Waals surface area contributed by atoms with Gasteiger partial charge in [-0.1, -0.05) is 23.7 Å². The third-order valence-electron chi connectivity index (χ3n) is 4.26. The maximum absolute atomic E-state index is 12.5. The Morgan fingerprint density at radius 3 is 2.88 bits per heavy atom. The molecule has 0 radical (unpaired) electrons. The lowest BCUT2D eigenvalue weighted by molar-refractivity contribution is -0.128. The van der Waals surface area contributed by atoms with Crippen molar-refractivity contribution in [2.45, 2.75) is 13.0 Å². The molecule has 7 heteroatoms. The van der Waals surface area contributed by atoms with Crippen LogP contribution in [0.4, 0.5) is 5.82 Å². The Labute approximate surface area is 157 Å². The summed E-state index contributed by atoms with van der Waals surface area (Å²) in [6, 6.07) is 9.41. The van der Waals surface area contributed by atoms with Crippen molar-refractivity contribution in [1.82, 2.24) is 14.9 Å². The van der Waals surface area contributed by atoms with Crippen LogP contribution in [0.5, 0.6) is 0 Å². The van der Waals surface area contributed by atoms with Crippen LogP contribution in [0.2, 0.25) is 5.02 Å². The van der Waals surface area contributed by atoms with Gasteiger partial charge in [-0.05, 0) is 30.7 Å². The molecule has 2 aromatic rings. The first-order chi connectivity index (χ1) is 12.6. The van der Waals surface area contributed by atoms with E-state index >= 15 is 0 Å². The van der Waals surface area contributed by atoms with Gasteiger partial charge in [-0.15, -0.1) is 0 Å². The Kier molecular flexibility index (Phi) is 5.49. The predicted molar refractivity (Wildman–Crippen MR) is 101 cm³/mol. The van der Waals surface area contributed by atoms with Crippen molar-refractivity contribution in [2.75, 3.05) is 24.5 Å². The minimum Gasteiger partial charge on any atom is -0.350 e. The van der Waals surface area contributed by atoms with Gasteiger partial charge in [0.05, 0.1) is 0 Å². The molecule has 3 rings (SSSR count). The highest BCUT2D eigenvalue weighted by atomic mass is 35.5. The molecule has 1 aromatic carbocycles. The van der Waals surface area contributed by atoms with E-state index in [1.807, 2.05) is 34.9 Å². The van der Waals surface area contributed by atoms with Crippen LogP contribution in [-0.2, 0) is 4.79 Å². The fraction of sp³-hybridized carbons (Fsp3) is 0.263. The number of carbonyl (C=O) groups excluding carboxylic acids is 1. The second-order valence-corrected chi connectivity index (χ2v) is 6.49. The molecule has 0 bridgehead atoms. The number of hydrogen-bond donors (Lipinski definition) is 0. The Morgan fingerprint density at radius 1 is 1.35 bits per heavy atom. The van der Waals surface area contributed by atoms with Crippen LogP contribution < -0.4 is 4.90 Å². The standard InChI is InChI=1S/C19H18ClN5O/c1-14-13-24(19-17(12-21)22-7-8-23-19)9-10-25(14)18(26)6-5-15-3-2-4-16(20)11-15/h2-8,11,14H,9-10,13H2,1H3. The lowest BCUT2D eigenvalue weighted by Gasteiger charge is -2.40. The second-order valence-electron chi connectivity index (χ2n) is 6.06. The molecule has 1 atom stereocenters. The highest BCUT2D eigenvalue weighted by molar-refractivity contribution is 6.30. The number of nitrogens with zero attached hydrogens (tertiary/aromatic N) is 5. The van der Waals surface area contributed by atoms with Gasteiger partial charge in [0, 0.05) is 49.2 Å². The van der Waals surface area contributed by atoms with Crippen LogP contribution in [0.25, 0.3) is 6.08 Å². The summed E-state index contributed by atoms with van der Waals surface area (Å²) in [4.78, 5) is 24.7. The minimum absolute atomic E-state index is 0.00573. The van der Waals surface area contributed by atoms with Crippen molar-refractivity contribution >= 4 is 29.4 Å². The quantitative estimate of drug-likeness (QED) is 0.780. The van der Waals surface area contributed by atoms with Crippen LogP contribution in [0.1, 0.15) is 18.2 Å². The average molecular weight is 368 g/mol. The number of carbonyl (C=O) groups is 1. The average Bonchev–Trinajstić information content (AvgIpc) is 2.66. The molecule has 0 aliphatic carbocycles. The van der Waals surface area contributed by atoms with Crippen molar-refractivity contribution < 1.29 is 4.79 Å². The molecule has 1 unspecified atom stereocenters. The number of aromatic nitrogens is 2. The van der Waals surface area contributed by atoms with Gasteiger partial charge < -0.3 is 9.80 Å². The van der Waals surface area contributed by atoms with E-state index in [4.69, 9.17) is 11.6 Å². The van der Waals surface area contributed by atoms with Crippen LogP contribution in [-0.4, -0.2) is 46.5 Å². The van der Waals surface area contributed by atoms with E-state index in [1.54, 1.807) is 24.4 Å². The van der Waals surface area contributed by atoms with E-state index in [9.17, 15) is 10.1 Å². The van der Waals surface area contributed by atoms with E-state index in [2.05, 4.69) is 16.0 Å². The smallest absolute Gasteiger partial charge is 0.246 e. The Bertz CT molecular complexity index is 876. The summed E-state index contributed by atoms with van der Waals surface area (Å²) in [7, 11) is 0. The van der Waals surface area contributed by atoms with Crippen LogP contribution in [0, 0.1) is 11.3 Å². The number of halogens is 1. The first-order valence-corrected chi connectivity index (χ1v) is 8.66.